The number of aromatic nitrogens is 3. The molecular weight excluding hydrogens is 476 g/mol. The Balaban J connectivity index is 1.38. The lowest BCUT2D eigenvalue weighted by atomic mass is 10.1. The maximum Gasteiger partial charge on any atom is 0.222 e. The van der Waals surface area contributed by atoms with E-state index in [1.807, 2.05) is 49.8 Å². The van der Waals surface area contributed by atoms with Crippen molar-refractivity contribution in [3.63, 3.8) is 0 Å². The number of benzene rings is 1. The van der Waals surface area contributed by atoms with Gasteiger partial charge in [0.05, 0.1) is 20.0 Å². The van der Waals surface area contributed by atoms with Gasteiger partial charge in [-0.15, -0.1) is 0 Å². The van der Waals surface area contributed by atoms with E-state index in [9.17, 15) is 4.79 Å². The number of ether oxygens (including phenoxy) is 2. The molecule has 10 heteroatoms. The molecule has 1 amide bonds. The van der Waals surface area contributed by atoms with Crippen molar-refractivity contribution in [3.8, 4) is 11.5 Å². The summed E-state index contributed by atoms with van der Waals surface area (Å²) < 4.78 is 13.6. The van der Waals surface area contributed by atoms with Crippen LogP contribution in [0.3, 0.4) is 0 Å². The molecule has 0 atom stereocenters. The average molecular weight is 511 g/mol. The van der Waals surface area contributed by atoms with Crippen molar-refractivity contribution in [3.05, 3.63) is 60.3 Å². The number of aryl methyl sites for hydroxylation is 3. The van der Waals surface area contributed by atoms with Gasteiger partial charge in [-0.1, -0.05) is 0 Å². The van der Waals surface area contributed by atoms with Crippen LogP contribution < -0.4 is 25.4 Å². The van der Waals surface area contributed by atoms with Crippen molar-refractivity contribution in [2.45, 2.75) is 46.1 Å². The lowest BCUT2D eigenvalue weighted by molar-refractivity contribution is -0.114. The van der Waals surface area contributed by atoms with Crippen molar-refractivity contribution in [2.24, 2.45) is 0 Å². The third-order valence-electron chi connectivity index (χ3n) is 5.45. The Labute approximate surface area is 217 Å². The van der Waals surface area contributed by atoms with E-state index in [2.05, 4.69) is 30.5 Å². The number of carbonyl (C=O) groups excluding carboxylic acids is 1. The maximum absolute atomic E-state index is 11.2. The van der Waals surface area contributed by atoms with Crippen molar-refractivity contribution in [1.29, 1.82) is 0 Å². The van der Waals surface area contributed by atoms with E-state index in [-0.39, 0.29) is 5.91 Å². The highest BCUT2D eigenvalue weighted by molar-refractivity contribution is 7.80. The third kappa shape index (κ3) is 8.84. The molecule has 192 valence electrons. The molecule has 0 saturated heterocycles. The van der Waals surface area contributed by atoms with Crippen LogP contribution in [-0.4, -0.2) is 45.8 Å². The number of carbonyl (C=O) groups is 1. The molecular formula is C26H34N6O3S. The van der Waals surface area contributed by atoms with E-state index in [0.717, 1.165) is 55.7 Å². The third-order valence-corrected chi connectivity index (χ3v) is 5.70. The molecule has 3 aromatic rings. The minimum Gasteiger partial charge on any atom is -0.493 e. The molecule has 3 N–H and O–H groups in total. The van der Waals surface area contributed by atoms with Crippen molar-refractivity contribution in [1.82, 2.24) is 19.9 Å². The van der Waals surface area contributed by atoms with Crippen LogP contribution in [0.2, 0.25) is 0 Å². The Morgan fingerprint density at radius 3 is 2.72 bits per heavy atom. The summed E-state index contributed by atoms with van der Waals surface area (Å²) in [5, 5.41) is 9.69. The van der Waals surface area contributed by atoms with E-state index in [1.165, 1.54) is 6.92 Å². The molecule has 9 nitrogen and oxygen atoms in total. The molecule has 0 aliphatic carbocycles. The second-order valence-electron chi connectivity index (χ2n) is 8.36. The second kappa shape index (κ2) is 14.0. The largest absolute Gasteiger partial charge is 0.493 e. The first-order valence-electron chi connectivity index (χ1n) is 12.0. The molecule has 3 rings (SSSR count). The van der Waals surface area contributed by atoms with Crippen LogP contribution in [0.5, 0.6) is 11.5 Å². The lowest BCUT2D eigenvalue weighted by Gasteiger charge is -2.14. The first kappa shape index (κ1) is 26.9. The van der Waals surface area contributed by atoms with E-state index in [0.29, 0.717) is 29.0 Å². The minimum absolute atomic E-state index is 0.127. The average Bonchev–Trinajstić information content (AvgIpc) is 3.26. The number of hydrogen-bond acceptors (Lipinski definition) is 6. The Hall–Kier alpha value is -3.66. The Morgan fingerprint density at radius 1 is 1.11 bits per heavy atom. The highest BCUT2D eigenvalue weighted by Gasteiger charge is 2.08. The number of rotatable bonds is 13. The molecule has 0 aliphatic heterocycles. The van der Waals surface area contributed by atoms with Crippen molar-refractivity contribution in [2.75, 3.05) is 30.9 Å². The minimum atomic E-state index is -0.127. The number of pyridine rings is 1. The molecule has 0 unspecified atom stereocenters. The molecule has 0 radical (unpaired) electrons. The Kier molecular flexibility index (Phi) is 10.5. The van der Waals surface area contributed by atoms with Crippen LogP contribution in [0.1, 0.15) is 37.4 Å². The molecule has 0 bridgehead atoms. The fourth-order valence-electron chi connectivity index (χ4n) is 3.60. The molecule has 2 aromatic heterocycles. The molecule has 1 aromatic carbocycles. The number of hydrogen-bond donors (Lipinski definition) is 3. The van der Waals surface area contributed by atoms with Crippen LogP contribution in [-0.2, 0) is 17.8 Å². The zero-order valence-corrected chi connectivity index (χ0v) is 21.9. The first-order chi connectivity index (χ1) is 17.4. The van der Waals surface area contributed by atoms with Crippen molar-refractivity contribution < 1.29 is 14.3 Å². The number of anilines is 2. The van der Waals surface area contributed by atoms with Gasteiger partial charge in [0.1, 0.15) is 5.82 Å². The van der Waals surface area contributed by atoms with Gasteiger partial charge in [0, 0.05) is 49.9 Å². The van der Waals surface area contributed by atoms with Crippen LogP contribution in [0.4, 0.5) is 11.5 Å². The lowest BCUT2D eigenvalue weighted by Crippen LogP contribution is -2.29. The van der Waals surface area contributed by atoms with E-state index >= 15 is 0 Å². The van der Waals surface area contributed by atoms with Crippen LogP contribution >= 0.6 is 12.2 Å². The number of nitrogens with zero attached hydrogens (tertiary/aromatic N) is 3. The van der Waals surface area contributed by atoms with E-state index in [1.54, 1.807) is 13.3 Å². The molecule has 0 saturated carbocycles. The van der Waals surface area contributed by atoms with Gasteiger partial charge >= 0.3 is 0 Å². The van der Waals surface area contributed by atoms with Gasteiger partial charge in [-0.3, -0.25) is 4.79 Å². The van der Waals surface area contributed by atoms with Crippen LogP contribution in [0.25, 0.3) is 0 Å². The summed E-state index contributed by atoms with van der Waals surface area (Å²) in [6.07, 6.45) is 9.06. The number of unbranched alkanes of at least 4 members (excludes halogenated alkanes) is 1. The fourth-order valence-corrected chi connectivity index (χ4v) is 3.82. The molecule has 0 spiro atoms. The monoisotopic (exact) mass is 510 g/mol. The zero-order chi connectivity index (χ0) is 25.8. The normalized spacial score (nSPS) is 10.5. The van der Waals surface area contributed by atoms with Crippen LogP contribution in [0, 0.1) is 6.92 Å². The highest BCUT2D eigenvalue weighted by atomic mass is 32.1. The summed E-state index contributed by atoms with van der Waals surface area (Å²) in [5.74, 6) is 1.79. The molecule has 0 fully saturated rings. The summed E-state index contributed by atoms with van der Waals surface area (Å²) in [7, 11) is 1.62. The highest BCUT2D eigenvalue weighted by Crippen LogP contribution is 2.30. The summed E-state index contributed by atoms with van der Waals surface area (Å²) >= 11 is 5.42. The number of nitrogens with one attached hydrogen (secondary N) is 3. The summed E-state index contributed by atoms with van der Waals surface area (Å²) in [5.41, 5.74) is 3.11. The van der Waals surface area contributed by atoms with E-state index < -0.39 is 0 Å². The molecule has 36 heavy (non-hydrogen) atoms. The number of methoxy groups -OCH3 is 1. The van der Waals surface area contributed by atoms with Gasteiger partial charge in [0.15, 0.2) is 16.6 Å². The predicted octanol–water partition coefficient (Wildman–Crippen LogP) is 4.33. The smallest absolute Gasteiger partial charge is 0.222 e. The summed E-state index contributed by atoms with van der Waals surface area (Å²) in [6, 6.07) is 9.53. The van der Waals surface area contributed by atoms with Gasteiger partial charge in [-0.25, -0.2) is 9.97 Å². The number of imidazole rings is 1. The topological polar surface area (TPSA) is 102 Å². The fraction of sp³-hybridized carbons (Fsp3) is 0.385. The van der Waals surface area contributed by atoms with Crippen molar-refractivity contribution >= 4 is 34.7 Å². The van der Waals surface area contributed by atoms with Crippen LogP contribution in [0.15, 0.2) is 49.1 Å². The quantitative estimate of drug-likeness (QED) is 0.231. The number of thiocarbonyl (C=S) groups is 1. The Morgan fingerprint density at radius 2 is 1.97 bits per heavy atom. The van der Waals surface area contributed by atoms with E-state index in [4.69, 9.17) is 21.7 Å². The SMILES string of the molecule is COc1cc(NC(=S)NCCCn2cncc2C)ccc1OCCCCc1ccnc(NC(C)=O)c1. The first-order valence-corrected chi connectivity index (χ1v) is 12.4. The number of amides is 1. The standard InChI is InChI=1S/C26H34N6O3S/c1-19-17-27-18-32(19)13-6-11-29-26(36)31-22-8-9-23(24(16-22)34-3)35-14-5-4-7-21-10-12-28-25(15-21)30-20(2)33/h8-10,12,15-18H,4-7,11,13-14H2,1-3H3,(H,28,30,33)(H2,29,31,36). The maximum atomic E-state index is 11.2. The van der Waals surface area contributed by atoms with Gasteiger partial charge in [0.25, 0.3) is 0 Å². The molecule has 0 aliphatic rings. The predicted molar refractivity (Wildman–Crippen MR) is 146 cm³/mol. The summed E-state index contributed by atoms with van der Waals surface area (Å²) in [4.78, 5) is 19.5. The molecule has 2 heterocycles. The summed E-state index contributed by atoms with van der Waals surface area (Å²) in [6.45, 7) is 5.74. The van der Waals surface area contributed by atoms with Gasteiger partial charge in [0.2, 0.25) is 5.91 Å². The second-order valence-corrected chi connectivity index (χ2v) is 8.77. The Bertz CT molecular complexity index is 1150. The van der Waals surface area contributed by atoms with Gasteiger partial charge in [-0.2, -0.15) is 0 Å². The zero-order valence-electron chi connectivity index (χ0n) is 21.0. The van der Waals surface area contributed by atoms with Gasteiger partial charge in [-0.05, 0) is 74.7 Å². The van der Waals surface area contributed by atoms with Gasteiger partial charge < -0.3 is 30.0 Å².